The zero-order valence-electron chi connectivity index (χ0n) is 58.8. The minimum atomic E-state index is -4.95. The number of hydrogen-bond acceptors (Lipinski definition) is 15. The number of aliphatic hydroxyl groups is 1. The first-order chi connectivity index (χ1) is 43.2. The standard InChI is InChI=1S/C71H138O17P2/c1-9-63(7)49-41-33-26-29-36-44-52-69(74)82-58-67(88-71(76)54-46-38-30-27-34-42-50-64(8)10-2)60-86-90(79,80)84-56-65(72)55-83-89(77,78)85-59-66(87-70(75)53-45-37-28-25-32-40-48-62(5)6)57-81-68(73)51-43-35-24-22-20-18-16-14-12-11-13-15-17-19-21-23-31-39-47-61(3)4/h61-67,72H,9-60H2,1-8H3,(H,77,78)(H,79,80)/t63?,64?,65-,66-,67-/m1/s1. The Morgan fingerprint density at radius 3 is 0.789 bits per heavy atom. The molecule has 0 aliphatic heterocycles. The molecule has 0 aromatic heterocycles. The summed E-state index contributed by atoms with van der Waals surface area (Å²) in [6.07, 6.45) is 43.5. The second-order valence-corrected chi connectivity index (χ2v) is 30.0. The van der Waals surface area contributed by atoms with Gasteiger partial charge in [-0.2, -0.15) is 0 Å². The van der Waals surface area contributed by atoms with Crippen molar-refractivity contribution in [2.24, 2.45) is 23.7 Å². The van der Waals surface area contributed by atoms with Crippen molar-refractivity contribution in [1.29, 1.82) is 0 Å². The van der Waals surface area contributed by atoms with E-state index < -0.39 is 97.5 Å². The van der Waals surface area contributed by atoms with Gasteiger partial charge in [-0.15, -0.1) is 0 Å². The second kappa shape index (κ2) is 60.7. The van der Waals surface area contributed by atoms with E-state index in [0.717, 1.165) is 114 Å². The van der Waals surface area contributed by atoms with E-state index in [1.165, 1.54) is 148 Å². The van der Waals surface area contributed by atoms with E-state index in [1.807, 2.05) is 0 Å². The van der Waals surface area contributed by atoms with Crippen molar-refractivity contribution in [3.05, 3.63) is 0 Å². The number of phosphoric acid groups is 2. The summed E-state index contributed by atoms with van der Waals surface area (Å²) in [5, 5.41) is 10.6. The van der Waals surface area contributed by atoms with Crippen LogP contribution in [-0.4, -0.2) is 96.7 Å². The van der Waals surface area contributed by atoms with Gasteiger partial charge < -0.3 is 33.8 Å². The fourth-order valence-corrected chi connectivity index (χ4v) is 12.2. The van der Waals surface area contributed by atoms with Gasteiger partial charge in [-0.3, -0.25) is 37.3 Å². The van der Waals surface area contributed by atoms with Crippen LogP contribution in [-0.2, 0) is 65.4 Å². The van der Waals surface area contributed by atoms with Gasteiger partial charge >= 0.3 is 39.5 Å². The molecule has 90 heavy (non-hydrogen) atoms. The van der Waals surface area contributed by atoms with E-state index in [0.29, 0.717) is 31.6 Å². The number of hydrogen-bond donors (Lipinski definition) is 3. The molecule has 0 fully saturated rings. The summed E-state index contributed by atoms with van der Waals surface area (Å²) in [4.78, 5) is 72.4. The van der Waals surface area contributed by atoms with Gasteiger partial charge in [0, 0.05) is 25.7 Å². The monoisotopic (exact) mass is 1320 g/mol. The molecule has 0 rings (SSSR count). The van der Waals surface area contributed by atoms with Crippen molar-refractivity contribution < 1.29 is 80.2 Å². The predicted octanol–water partition coefficient (Wildman–Crippen LogP) is 20.1. The molecule has 3 N–H and O–H groups in total. The molecule has 0 bridgehead atoms. The summed E-state index contributed by atoms with van der Waals surface area (Å²) in [5.74, 6) is 0.806. The van der Waals surface area contributed by atoms with Crippen LogP contribution >= 0.6 is 15.6 Å². The van der Waals surface area contributed by atoms with Gasteiger partial charge in [-0.05, 0) is 49.4 Å². The Kier molecular flexibility index (Phi) is 59.4. The van der Waals surface area contributed by atoms with Gasteiger partial charge in [-0.25, -0.2) is 9.13 Å². The number of rotatable bonds is 68. The van der Waals surface area contributed by atoms with E-state index in [9.17, 15) is 43.2 Å². The first kappa shape index (κ1) is 88.1. The molecule has 19 heteroatoms. The summed E-state index contributed by atoms with van der Waals surface area (Å²) in [6, 6.07) is 0. The number of carbonyl (C=O) groups is 4. The number of esters is 4. The Labute approximate surface area is 549 Å². The SMILES string of the molecule is CCC(C)CCCCCCCCC(=O)OC[C@H](COP(=O)(O)OC[C@H](O)COP(=O)(O)OC[C@@H](COC(=O)CCCCCCCCCCCCCCCCCCCCC(C)C)OC(=O)CCCCCCCCC(C)C)OC(=O)CCCCCCCCC(C)CC. The van der Waals surface area contributed by atoms with E-state index in [2.05, 4.69) is 55.4 Å². The Balaban J connectivity index is 5.11. The largest absolute Gasteiger partial charge is 0.472 e. The fourth-order valence-electron chi connectivity index (χ4n) is 10.6. The highest BCUT2D eigenvalue weighted by atomic mass is 31.2. The van der Waals surface area contributed by atoms with Gasteiger partial charge in [0.2, 0.25) is 0 Å². The highest BCUT2D eigenvalue weighted by Crippen LogP contribution is 2.45. The first-order valence-corrected chi connectivity index (χ1v) is 39.8. The van der Waals surface area contributed by atoms with Crippen LogP contribution in [0.4, 0.5) is 0 Å². The van der Waals surface area contributed by atoms with Crippen molar-refractivity contribution in [3.8, 4) is 0 Å². The maximum absolute atomic E-state index is 13.0. The number of aliphatic hydroxyl groups excluding tert-OH is 1. The molecular formula is C71H138O17P2. The summed E-state index contributed by atoms with van der Waals surface area (Å²) in [6.45, 7) is 14.0. The zero-order valence-corrected chi connectivity index (χ0v) is 60.6. The minimum absolute atomic E-state index is 0.101. The maximum atomic E-state index is 13.0. The van der Waals surface area contributed by atoms with Crippen LogP contribution in [0.5, 0.6) is 0 Å². The summed E-state index contributed by atoms with van der Waals surface area (Å²) in [5.41, 5.74) is 0. The lowest BCUT2D eigenvalue weighted by Gasteiger charge is -2.21. The molecule has 4 unspecified atom stereocenters. The third kappa shape index (κ3) is 62.2. The van der Waals surface area contributed by atoms with Gasteiger partial charge in [0.1, 0.15) is 19.3 Å². The number of phosphoric ester groups is 2. The van der Waals surface area contributed by atoms with Crippen LogP contribution in [0.1, 0.15) is 351 Å². The Bertz CT molecular complexity index is 1790. The Morgan fingerprint density at radius 2 is 0.533 bits per heavy atom. The zero-order chi connectivity index (χ0) is 66.8. The topological polar surface area (TPSA) is 237 Å². The molecule has 17 nitrogen and oxygen atoms in total. The molecule has 534 valence electrons. The second-order valence-electron chi connectivity index (χ2n) is 27.1. The molecule has 0 amide bonds. The first-order valence-electron chi connectivity index (χ1n) is 36.8. The molecule has 0 saturated carbocycles. The average molecular weight is 1330 g/mol. The molecular weight excluding hydrogens is 1190 g/mol. The lowest BCUT2D eigenvalue weighted by atomic mass is 10.00. The number of carbonyl (C=O) groups excluding carboxylic acids is 4. The third-order valence-corrected chi connectivity index (χ3v) is 18.9. The molecule has 0 aliphatic carbocycles. The molecule has 0 spiro atoms. The molecule has 0 radical (unpaired) electrons. The number of unbranched alkanes of at least 4 members (excludes halogenated alkanes) is 32. The molecule has 0 aromatic rings. The maximum Gasteiger partial charge on any atom is 0.472 e. The van der Waals surface area contributed by atoms with E-state index in [1.54, 1.807) is 0 Å². The lowest BCUT2D eigenvalue weighted by Crippen LogP contribution is -2.30. The summed E-state index contributed by atoms with van der Waals surface area (Å²) < 4.78 is 68.2. The highest BCUT2D eigenvalue weighted by Gasteiger charge is 2.30. The third-order valence-electron chi connectivity index (χ3n) is 17.0. The van der Waals surface area contributed by atoms with Crippen LogP contribution in [0.15, 0.2) is 0 Å². The quantitative estimate of drug-likeness (QED) is 0.0222. The van der Waals surface area contributed by atoms with Crippen molar-refractivity contribution in [3.63, 3.8) is 0 Å². The summed E-state index contributed by atoms with van der Waals surface area (Å²) >= 11 is 0. The van der Waals surface area contributed by atoms with Crippen molar-refractivity contribution in [2.75, 3.05) is 39.6 Å². The normalized spacial score (nSPS) is 14.9. The van der Waals surface area contributed by atoms with Gasteiger partial charge in [0.05, 0.1) is 26.4 Å². The van der Waals surface area contributed by atoms with E-state index in [4.69, 9.17) is 37.0 Å². The predicted molar refractivity (Wildman–Crippen MR) is 363 cm³/mol. The van der Waals surface area contributed by atoms with E-state index >= 15 is 0 Å². The van der Waals surface area contributed by atoms with Crippen LogP contribution in [0, 0.1) is 23.7 Å². The molecule has 0 heterocycles. The smallest absolute Gasteiger partial charge is 0.462 e. The van der Waals surface area contributed by atoms with Crippen LogP contribution in [0.3, 0.4) is 0 Å². The van der Waals surface area contributed by atoms with Crippen molar-refractivity contribution >= 4 is 39.5 Å². The molecule has 0 aliphatic rings. The summed E-state index contributed by atoms with van der Waals surface area (Å²) in [7, 11) is -9.90. The van der Waals surface area contributed by atoms with Gasteiger partial charge in [-0.1, -0.05) is 299 Å². The number of ether oxygens (including phenoxy) is 4. The molecule has 7 atom stereocenters. The van der Waals surface area contributed by atoms with Crippen LogP contribution in [0.2, 0.25) is 0 Å². The molecule has 0 saturated heterocycles. The average Bonchev–Trinajstić information content (AvgIpc) is 3.70. The fraction of sp³-hybridized carbons (Fsp3) is 0.944. The van der Waals surface area contributed by atoms with Crippen LogP contribution in [0.25, 0.3) is 0 Å². The van der Waals surface area contributed by atoms with Gasteiger partial charge in [0.25, 0.3) is 0 Å². The van der Waals surface area contributed by atoms with E-state index in [-0.39, 0.29) is 25.7 Å². The minimum Gasteiger partial charge on any atom is -0.462 e. The molecule has 0 aromatic carbocycles. The van der Waals surface area contributed by atoms with Crippen molar-refractivity contribution in [1.82, 2.24) is 0 Å². The van der Waals surface area contributed by atoms with Crippen LogP contribution < -0.4 is 0 Å². The highest BCUT2D eigenvalue weighted by molar-refractivity contribution is 7.47. The van der Waals surface area contributed by atoms with Gasteiger partial charge in [0.15, 0.2) is 12.2 Å². The lowest BCUT2D eigenvalue weighted by molar-refractivity contribution is -0.161. The van der Waals surface area contributed by atoms with Crippen molar-refractivity contribution in [2.45, 2.75) is 369 Å². The Hall–Kier alpha value is -1.94. The Morgan fingerprint density at radius 1 is 0.311 bits per heavy atom.